The number of aryl methyl sites for hydroxylation is 1. The van der Waals surface area contributed by atoms with Gasteiger partial charge in [0.05, 0.1) is 0 Å². The molecule has 1 aromatic heterocycles. The zero-order valence-electron chi connectivity index (χ0n) is 16.2. The predicted octanol–water partition coefficient (Wildman–Crippen LogP) is 2.46. The molecule has 0 radical (unpaired) electrons. The fraction of sp³-hybridized carbons (Fsp3) is 0.450. The first kappa shape index (κ1) is 19.0. The van der Waals surface area contributed by atoms with Crippen LogP contribution >= 0.6 is 0 Å². The summed E-state index contributed by atoms with van der Waals surface area (Å²) < 4.78 is 32.8. The van der Waals surface area contributed by atoms with Crippen LogP contribution in [0.1, 0.15) is 34.7 Å². The van der Waals surface area contributed by atoms with Crippen molar-refractivity contribution in [3.63, 3.8) is 0 Å². The lowest BCUT2D eigenvalue weighted by molar-refractivity contribution is 0.0718. The Hall–Kier alpha value is -2.32. The molecule has 4 rings (SSSR count). The lowest BCUT2D eigenvalue weighted by atomic mass is 10.1. The van der Waals surface area contributed by atoms with E-state index < -0.39 is 10.0 Å². The van der Waals surface area contributed by atoms with Gasteiger partial charge in [0.1, 0.15) is 10.7 Å². The Labute approximate surface area is 165 Å². The third-order valence-electron chi connectivity index (χ3n) is 5.52. The molecule has 150 valence electrons. The average molecular weight is 404 g/mol. The zero-order chi connectivity index (χ0) is 19.9. The number of anilines is 1. The molecule has 7 nitrogen and oxygen atoms in total. The van der Waals surface area contributed by atoms with Crippen LogP contribution in [0.15, 0.2) is 39.6 Å². The first-order valence-electron chi connectivity index (χ1n) is 9.57. The number of likely N-dealkylation sites (N-methyl/N-ethyl adjacent to an activating group) is 1. The van der Waals surface area contributed by atoms with E-state index in [2.05, 4.69) is 4.90 Å². The molecule has 1 fully saturated rings. The van der Waals surface area contributed by atoms with Gasteiger partial charge in [0.15, 0.2) is 5.76 Å². The molecule has 8 heteroatoms. The number of carbonyl (C=O) groups excluding carboxylic acids is 1. The summed E-state index contributed by atoms with van der Waals surface area (Å²) in [6.07, 6.45) is 1.73. The number of benzene rings is 1. The van der Waals surface area contributed by atoms with Gasteiger partial charge in [0, 0.05) is 51.5 Å². The van der Waals surface area contributed by atoms with Crippen LogP contribution < -0.4 is 4.90 Å². The maximum absolute atomic E-state index is 13.1. The first-order valence-corrected chi connectivity index (χ1v) is 11.0. The number of amides is 1. The molecule has 0 aliphatic carbocycles. The molecule has 2 aliphatic rings. The molecule has 0 unspecified atom stereocenters. The average Bonchev–Trinajstić information content (AvgIpc) is 3.32. The number of carbonyl (C=O) groups is 1. The molecule has 1 saturated heterocycles. The first-order chi connectivity index (χ1) is 13.4. The molecule has 2 aromatic rings. The Morgan fingerprint density at radius 1 is 1.07 bits per heavy atom. The van der Waals surface area contributed by atoms with Crippen LogP contribution in [0.4, 0.5) is 5.69 Å². The number of para-hydroxylation sites is 1. The van der Waals surface area contributed by atoms with Gasteiger partial charge in [-0.05, 0) is 31.4 Å². The molecule has 0 bridgehead atoms. The Morgan fingerprint density at radius 3 is 2.54 bits per heavy atom. The fourth-order valence-electron chi connectivity index (χ4n) is 3.92. The second kappa shape index (κ2) is 7.25. The van der Waals surface area contributed by atoms with Crippen molar-refractivity contribution in [2.45, 2.75) is 31.2 Å². The molecule has 0 saturated carbocycles. The lowest BCUT2D eigenvalue weighted by Crippen LogP contribution is -2.34. The van der Waals surface area contributed by atoms with Crippen LogP contribution in [0.2, 0.25) is 0 Å². The maximum Gasteiger partial charge on any atom is 0.289 e. The third kappa shape index (κ3) is 3.31. The fourth-order valence-corrected chi connectivity index (χ4v) is 5.59. The van der Waals surface area contributed by atoms with Crippen LogP contribution in [-0.4, -0.2) is 56.8 Å². The minimum atomic E-state index is -3.62. The van der Waals surface area contributed by atoms with E-state index in [1.807, 2.05) is 31.3 Å². The summed E-state index contributed by atoms with van der Waals surface area (Å²) in [6.45, 7) is 4.34. The summed E-state index contributed by atoms with van der Waals surface area (Å²) in [4.78, 5) is 17.0. The second-order valence-electron chi connectivity index (χ2n) is 7.42. The number of hydrogen-bond acceptors (Lipinski definition) is 5. The number of fused-ring (bicyclic) bond motifs is 1. The normalized spacial score (nSPS) is 18.2. The van der Waals surface area contributed by atoms with Gasteiger partial charge in [-0.15, -0.1) is 0 Å². The van der Waals surface area contributed by atoms with E-state index in [9.17, 15) is 13.2 Å². The number of furan rings is 1. The lowest BCUT2D eigenvalue weighted by Gasteiger charge is -2.19. The summed E-state index contributed by atoms with van der Waals surface area (Å²) in [7, 11) is -1.61. The predicted molar refractivity (Wildman–Crippen MR) is 106 cm³/mol. The topological polar surface area (TPSA) is 74.1 Å². The molecule has 3 heterocycles. The smallest absolute Gasteiger partial charge is 0.289 e. The molecule has 28 heavy (non-hydrogen) atoms. The van der Waals surface area contributed by atoms with Gasteiger partial charge in [-0.25, -0.2) is 8.42 Å². The van der Waals surface area contributed by atoms with E-state index in [1.54, 1.807) is 11.8 Å². The highest BCUT2D eigenvalue weighted by molar-refractivity contribution is 7.89. The summed E-state index contributed by atoms with van der Waals surface area (Å²) in [5.41, 5.74) is 2.16. The molecule has 0 spiro atoms. The minimum absolute atomic E-state index is 0.0808. The second-order valence-corrected chi connectivity index (χ2v) is 9.33. The molecule has 2 aliphatic heterocycles. The van der Waals surface area contributed by atoms with E-state index in [0.29, 0.717) is 32.7 Å². The van der Waals surface area contributed by atoms with Gasteiger partial charge < -0.3 is 14.2 Å². The van der Waals surface area contributed by atoms with Crippen LogP contribution in [0.3, 0.4) is 0 Å². The Kier molecular flexibility index (Phi) is 4.93. The van der Waals surface area contributed by atoms with E-state index in [4.69, 9.17) is 4.42 Å². The summed E-state index contributed by atoms with van der Waals surface area (Å²) in [5.74, 6) is 0.0657. The quantitative estimate of drug-likeness (QED) is 0.787. The Balaban J connectivity index is 1.61. The van der Waals surface area contributed by atoms with Crippen molar-refractivity contribution >= 4 is 21.6 Å². The van der Waals surface area contributed by atoms with E-state index in [0.717, 1.165) is 24.1 Å². The number of nitrogens with zero attached hydrogens (tertiary/aromatic N) is 3. The van der Waals surface area contributed by atoms with Crippen LogP contribution in [0, 0.1) is 6.92 Å². The number of sulfonamides is 1. The van der Waals surface area contributed by atoms with E-state index in [1.165, 1.54) is 10.4 Å². The zero-order valence-corrected chi connectivity index (χ0v) is 17.0. The van der Waals surface area contributed by atoms with Crippen LogP contribution in [0.25, 0.3) is 0 Å². The largest absolute Gasteiger partial charge is 0.455 e. The van der Waals surface area contributed by atoms with Crippen molar-refractivity contribution < 1.29 is 17.6 Å². The van der Waals surface area contributed by atoms with Crippen molar-refractivity contribution in [1.29, 1.82) is 0 Å². The van der Waals surface area contributed by atoms with Gasteiger partial charge in [-0.2, -0.15) is 4.31 Å². The maximum atomic E-state index is 13.1. The summed E-state index contributed by atoms with van der Waals surface area (Å²) in [5, 5.41) is 0. The van der Waals surface area contributed by atoms with Gasteiger partial charge in [-0.3, -0.25) is 4.79 Å². The monoisotopic (exact) mass is 403 g/mol. The number of hydrogen-bond donors (Lipinski definition) is 0. The van der Waals surface area contributed by atoms with Crippen molar-refractivity contribution in [2.24, 2.45) is 0 Å². The summed E-state index contributed by atoms with van der Waals surface area (Å²) in [6, 6.07) is 9.39. The van der Waals surface area contributed by atoms with Gasteiger partial charge in [0.25, 0.3) is 5.91 Å². The van der Waals surface area contributed by atoms with Crippen molar-refractivity contribution in [2.75, 3.05) is 38.1 Å². The third-order valence-corrected chi connectivity index (χ3v) is 7.53. The van der Waals surface area contributed by atoms with E-state index in [-0.39, 0.29) is 22.3 Å². The minimum Gasteiger partial charge on any atom is -0.455 e. The number of rotatable bonds is 3. The Bertz CT molecular complexity index is 993. The van der Waals surface area contributed by atoms with Gasteiger partial charge in [0.2, 0.25) is 10.0 Å². The molecule has 0 N–H and O–H groups in total. The molecular formula is C20H25N3O4S. The van der Waals surface area contributed by atoms with Gasteiger partial charge in [-0.1, -0.05) is 18.2 Å². The van der Waals surface area contributed by atoms with E-state index >= 15 is 0 Å². The van der Waals surface area contributed by atoms with Crippen molar-refractivity contribution in [3.05, 3.63) is 47.4 Å². The summed E-state index contributed by atoms with van der Waals surface area (Å²) >= 11 is 0. The SMILES string of the molecule is Cc1oc(C(=O)N2CCN(C)c3ccccc3C2)cc1S(=O)(=O)N1CCCC1. The van der Waals surface area contributed by atoms with Crippen molar-refractivity contribution in [1.82, 2.24) is 9.21 Å². The highest BCUT2D eigenvalue weighted by Crippen LogP contribution is 2.29. The van der Waals surface area contributed by atoms with Crippen LogP contribution in [-0.2, 0) is 16.6 Å². The molecular weight excluding hydrogens is 378 g/mol. The molecule has 1 amide bonds. The highest BCUT2D eigenvalue weighted by atomic mass is 32.2. The Morgan fingerprint density at radius 2 is 1.79 bits per heavy atom. The van der Waals surface area contributed by atoms with Gasteiger partial charge >= 0.3 is 0 Å². The van der Waals surface area contributed by atoms with Crippen LogP contribution in [0.5, 0.6) is 0 Å². The molecule has 0 atom stereocenters. The highest BCUT2D eigenvalue weighted by Gasteiger charge is 2.33. The van der Waals surface area contributed by atoms with Crippen molar-refractivity contribution in [3.8, 4) is 0 Å². The molecule has 1 aromatic carbocycles. The standard InChI is InChI=1S/C20H25N3O4S/c1-15-19(28(25,26)23-9-5-6-10-23)13-18(27-15)20(24)22-12-11-21(2)17-8-4-3-7-16(17)14-22/h3-4,7-8,13H,5-6,9-12,14H2,1-2H3.